The third-order valence-corrected chi connectivity index (χ3v) is 4.39. The quantitative estimate of drug-likeness (QED) is 0.716. The molecule has 1 fully saturated rings. The lowest BCUT2D eigenvalue weighted by Crippen LogP contribution is -2.44. The Hall–Kier alpha value is -0.610. The molecule has 0 bridgehead atoms. The topological polar surface area (TPSA) is 44.4 Å². The minimum atomic E-state index is 0.205. The molecule has 0 aromatic rings. The van der Waals surface area contributed by atoms with Crippen LogP contribution in [-0.4, -0.2) is 49.1 Å². The number of hydrogen-bond donors (Lipinski definition) is 2. The first-order valence-electron chi connectivity index (χ1n) is 8.32. The van der Waals surface area contributed by atoms with Crippen molar-refractivity contribution in [3.63, 3.8) is 0 Å². The van der Waals surface area contributed by atoms with Gasteiger partial charge in [0.05, 0.1) is 0 Å². The van der Waals surface area contributed by atoms with Crippen LogP contribution in [0.2, 0.25) is 0 Å². The molecule has 1 aliphatic rings. The molecular weight excluding hydrogens is 250 g/mol. The molecule has 1 rings (SSSR count). The number of nitrogens with zero attached hydrogens (tertiary/aromatic N) is 1. The van der Waals surface area contributed by atoms with Gasteiger partial charge in [-0.05, 0) is 65.7 Å². The molecule has 1 aliphatic heterocycles. The molecule has 1 saturated heterocycles. The van der Waals surface area contributed by atoms with Gasteiger partial charge < -0.3 is 15.5 Å². The van der Waals surface area contributed by atoms with Gasteiger partial charge in [-0.15, -0.1) is 0 Å². The molecule has 0 saturated carbocycles. The molecule has 0 aliphatic carbocycles. The van der Waals surface area contributed by atoms with Gasteiger partial charge in [-0.1, -0.05) is 13.8 Å². The Morgan fingerprint density at radius 2 is 2.10 bits per heavy atom. The molecule has 2 N–H and O–H groups in total. The number of rotatable bonds is 8. The SMILES string of the molecule is CCN(CC)CCCC(C)NC(=O)C1CCNC(C)C1. The molecule has 3 unspecified atom stereocenters. The van der Waals surface area contributed by atoms with Gasteiger partial charge in [0.25, 0.3) is 0 Å². The minimum absolute atomic E-state index is 0.205. The number of carbonyl (C=O) groups excluding carboxylic acids is 1. The normalized spacial score (nSPS) is 24.6. The summed E-state index contributed by atoms with van der Waals surface area (Å²) in [6.45, 7) is 13.0. The molecule has 0 spiro atoms. The minimum Gasteiger partial charge on any atom is -0.353 e. The summed E-state index contributed by atoms with van der Waals surface area (Å²) in [5, 5.41) is 6.59. The first kappa shape index (κ1) is 17.4. The molecule has 0 radical (unpaired) electrons. The summed E-state index contributed by atoms with van der Waals surface area (Å²) < 4.78 is 0. The van der Waals surface area contributed by atoms with Gasteiger partial charge in [0, 0.05) is 18.0 Å². The first-order valence-corrected chi connectivity index (χ1v) is 8.32. The summed E-state index contributed by atoms with van der Waals surface area (Å²) in [6.07, 6.45) is 4.18. The Labute approximate surface area is 124 Å². The number of hydrogen-bond acceptors (Lipinski definition) is 3. The monoisotopic (exact) mass is 283 g/mol. The molecule has 3 atom stereocenters. The third-order valence-electron chi connectivity index (χ3n) is 4.39. The van der Waals surface area contributed by atoms with Crippen molar-refractivity contribution in [3.8, 4) is 0 Å². The highest BCUT2D eigenvalue weighted by atomic mass is 16.1. The largest absolute Gasteiger partial charge is 0.353 e. The molecule has 0 aromatic heterocycles. The van der Waals surface area contributed by atoms with E-state index in [1.807, 2.05) is 0 Å². The predicted octanol–water partition coefficient (Wildman–Crippen LogP) is 2.00. The van der Waals surface area contributed by atoms with E-state index in [4.69, 9.17) is 0 Å². The van der Waals surface area contributed by atoms with Crippen molar-refractivity contribution in [1.29, 1.82) is 0 Å². The lowest BCUT2D eigenvalue weighted by atomic mass is 9.92. The molecule has 4 heteroatoms. The molecule has 1 heterocycles. The summed E-state index contributed by atoms with van der Waals surface area (Å²) in [7, 11) is 0. The molecule has 0 aromatic carbocycles. The van der Waals surface area contributed by atoms with Gasteiger partial charge in [0.1, 0.15) is 0 Å². The van der Waals surface area contributed by atoms with Crippen molar-refractivity contribution in [2.75, 3.05) is 26.2 Å². The van der Waals surface area contributed by atoms with Crippen molar-refractivity contribution < 1.29 is 4.79 Å². The summed E-state index contributed by atoms with van der Waals surface area (Å²) in [4.78, 5) is 14.6. The number of amides is 1. The fraction of sp³-hybridized carbons (Fsp3) is 0.938. The van der Waals surface area contributed by atoms with E-state index in [2.05, 4.69) is 43.2 Å². The van der Waals surface area contributed by atoms with Crippen LogP contribution >= 0.6 is 0 Å². The van der Waals surface area contributed by atoms with Crippen molar-refractivity contribution in [2.24, 2.45) is 5.92 Å². The molecule has 118 valence electrons. The van der Waals surface area contributed by atoms with Gasteiger partial charge in [0.2, 0.25) is 5.91 Å². The molecule has 1 amide bonds. The summed E-state index contributed by atoms with van der Waals surface area (Å²) in [5.41, 5.74) is 0. The van der Waals surface area contributed by atoms with Crippen molar-refractivity contribution in [2.45, 2.75) is 65.5 Å². The fourth-order valence-electron chi connectivity index (χ4n) is 2.96. The van der Waals surface area contributed by atoms with Crippen LogP contribution in [0.4, 0.5) is 0 Å². The second-order valence-corrected chi connectivity index (χ2v) is 6.16. The average molecular weight is 283 g/mol. The maximum Gasteiger partial charge on any atom is 0.223 e. The van der Waals surface area contributed by atoms with Crippen LogP contribution in [0.25, 0.3) is 0 Å². The van der Waals surface area contributed by atoms with E-state index in [9.17, 15) is 4.79 Å². The Morgan fingerprint density at radius 1 is 1.40 bits per heavy atom. The van der Waals surface area contributed by atoms with E-state index >= 15 is 0 Å². The van der Waals surface area contributed by atoms with E-state index in [1.54, 1.807) is 0 Å². The van der Waals surface area contributed by atoms with Crippen LogP contribution in [-0.2, 0) is 4.79 Å². The van der Waals surface area contributed by atoms with E-state index in [-0.39, 0.29) is 11.8 Å². The summed E-state index contributed by atoms with van der Waals surface area (Å²) >= 11 is 0. The van der Waals surface area contributed by atoms with Crippen LogP contribution in [0.15, 0.2) is 0 Å². The fourth-order valence-corrected chi connectivity index (χ4v) is 2.96. The van der Waals surface area contributed by atoms with Crippen molar-refractivity contribution in [3.05, 3.63) is 0 Å². The highest BCUT2D eigenvalue weighted by Crippen LogP contribution is 2.16. The van der Waals surface area contributed by atoms with Crippen LogP contribution < -0.4 is 10.6 Å². The highest BCUT2D eigenvalue weighted by molar-refractivity contribution is 5.79. The van der Waals surface area contributed by atoms with Gasteiger partial charge in [-0.2, -0.15) is 0 Å². The van der Waals surface area contributed by atoms with Crippen LogP contribution in [0.5, 0.6) is 0 Å². The zero-order valence-electron chi connectivity index (χ0n) is 13.7. The summed E-state index contributed by atoms with van der Waals surface area (Å²) in [5.74, 6) is 0.463. The van der Waals surface area contributed by atoms with Gasteiger partial charge in [-0.25, -0.2) is 0 Å². The number of carbonyl (C=O) groups is 1. The maximum atomic E-state index is 12.2. The first-order chi connectivity index (χ1) is 9.56. The second-order valence-electron chi connectivity index (χ2n) is 6.16. The van der Waals surface area contributed by atoms with Crippen molar-refractivity contribution >= 4 is 5.91 Å². The molecule has 20 heavy (non-hydrogen) atoms. The zero-order valence-corrected chi connectivity index (χ0v) is 13.7. The summed E-state index contributed by atoms with van der Waals surface area (Å²) in [6, 6.07) is 0.765. The van der Waals surface area contributed by atoms with E-state index in [0.29, 0.717) is 12.1 Å². The predicted molar refractivity (Wildman–Crippen MR) is 84.8 cm³/mol. The Bertz CT molecular complexity index is 279. The van der Waals surface area contributed by atoms with Crippen LogP contribution in [0.3, 0.4) is 0 Å². The number of piperidine rings is 1. The van der Waals surface area contributed by atoms with Crippen LogP contribution in [0.1, 0.15) is 53.4 Å². The van der Waals surface area contributed by atoms with Gasteiger partial charge in [0.15, 0.2) is 0 Å². The second kappa shape index (κ2) is 9.35. The Kier molecular flexibility index (Phi) is 8.15. The third kappa shape index (κ3) is 6.23. The number of nitrogens with one attached hydrogen (secondary N) is 2. The van der Waals surface area contributed by atoms with E-state index in [1.165, 1.54) is 0 Å². The average Bonchev–Trinajstić information content (AvgIpc) is 2.43. The van der Waals surface area contributed by atoms with Gasteiger partial charge >= 0.3 is 0 Å². The van der Waals surface area contributed by atoms with E-state index < -0.39 is 0 Å². The lowest BCUT2D eigenvalue weighted by molar-refractivity contribution is -0.126. The smallest absolute Gasteiger partial charge is 0.223 e. The van der Waals surface area contributed by atoms with Gasteiger partial charge in [-0.3, -0.25) is 4.79 Å². The Morgan fingerprint density at radius 3 is 2.70 bits per heavy atom. The molecular formula is C16H33N3O. The standard InChI is InChI=1S/C16H33N3O/c1-5-19(6-2)11-7-8-13(3)18-16(20)15-9-10-17-14(4)12-15/h13-15,17H,5-12H2,1-4H3,(H,18,20). The highest BCUT2D eigenvalue weighted by Gasteiger charge is 2.25. The Balaban J connectivity index is 2.20. The zero-order chi connectivity index (χ0) is 15.0. The van der Waals surface area contributed by atoms with Crippen LogP contribution in [0, 0.1) is 5.92 Å². The van der Waals surface area contributed by atoms with E-state index in [0.717, 1.165) is 51.9 Å². The molecule has 4 nitrogen and oxygen atoms in total. The van der Waals surface area contributed by atoms with Crippen molar-refractivity contribution in [1.82, 2.24) is 15.5 Å². The maximum absolute atomic E-state index is 12.2. The lowest BCUT2D eigenvalue weighted by Gasteiger charge is -2.28.